The first-order valence-electron chi connectivity index (χ1n) is 9.95. The van der Waals surface area contributed by atoms with Crippen LogP contribution < -0.4 is 0 Å². The minimum atomic E-state index is 0.236. The van der Waals surface area contributed by atoms with E-state index in [-0.39, 0.29) is 4.83 Å². The van der Waals surface area contributed by atoms with Gasteiger partial charge in [0, 0.05) is 30.0 Å². The molecule has 3 rings (SSSR count). The average Bonchev–Trinajstić information content (AvgIpc) is 2.73. The summed E-state index contributed by atoms with van der Waals surface area (Å²) in [5.41, 5.74) is 6.65. The summed E-state index contributed by atoms with van der Waals surface area (Å²) in [5, 5.41) is 0. The highest BCUT2D eigenvalue weighted by Crippen LogP contribution is 2.34. The van der Waals surface area contributed by atoms with Crippen LogP contribution >= 0.6 is 15.9 Å². The van der Waals surface area contributed by atoms with E-state index in [1.165, 1.54) is 11.1 Å². The van der Waals surface area contributed by atoms with Crippen molar-refractivity contribution in [2.45, 2.75) is 31.6 Å². The lowest BCUT2D eigenvalue weighted by Gasteiger charge is -2.26. The average molecular weight is 442 g/mol. The second kappa shape index (κ2) is 10.1. The molecule has 1 unspecified atom stereocenters. The summed E-state index contributed by atoms with van der Waals surface area (Å²) >= 11 is 3.76. The summed E-state index contributed by atoms with van der Waals surface area (Å²) in [6.45, 7) is 8.87. The van der Waals surface area contributed by atoms with Gasteiger partial charge in [-0.2, -0.15) is 0 Å². The minimum Gasteiger partial charge on any atom is -0.379 e. The molecular formula is C24H28BrNO2. The summed E-state index contributed by atoms with van der Waals surface area (Å²) < 4.78 is 5.44. The van der Waals surface area contributed by atoms with Gasteiger partial charge in [0.25, 0.3) is 0 Å². The number of hydrogen-bond acceptors (Lipinski definition) is 3. The number of carbonyl (C=O) groups is 1. The number of carbonyl (C=O) groups excluding carboxylic acids is 1. The quantitative estimate of drug-likeness (QED) is 0.429. The smallest absolute Gasteiger partial charge is 0.150 e. The highest BCUT2D eigenvalue weighted by atomic mass is 79.9. The van der Waals surface area contributed by atoms with Crippen LogP contribution in [0.4, 0.5) is 0 Å². The molecule has 0 aromatic heterocycles. The zero-order chi connectivity index (χ0) is 19.9. The van der Waals surface area contributed by atoms with Crippen molar-refractivity contribution in [3.8, 4) is 0 Å². The number of alkyl halides is 1. The maximum absolute atomic E-state index is 11.7. The number of ether oxygens (including phenoxy) is 1. The van der Waals surface area contributed by atoms with E-state index in [1.54, 1.807) is 0 Å². The van der Waals surface area contributed by atoms with Gasteiger partial charge in [-0.25, -0.2) is 0 Å². The minimum absolute atomic E-state index is 0.236. The van der Waals surface area contributed by atoms with Gasteiger partial charge in [0.05, 0.1) is 13.2 Å². The fourth-order valence-electron chi connectivity index (χ4n) is 3.79. The van der Waals surface area contributed by atoms with Crippen LogP contribution in [-0.2, 0) is 11.3 Å². The highest BCUT2D eigenvalue weighted by molar-refractivity contribution is 9.09. The predicted molar refractivity (Wildman–Crippen MR) is 119 cm³/mol. The Kier molecular flexibility index (Phi) is 7.60. The first kappa shape index (κ1) is 21.0. The second-order valence-corrected chi connectivity index (χ2v) is 8.53. The summed E-state index contributed by atoms with van der Waals surface area (Å²) in [7, 11) is 0. The van der Waals surface area contributed by atoms with Gasteiger partial charge in [0.2, 0.25) is 0 Å². The number of rotatable bonds is 7. The van der Waals surface area contributed by atoms with Crippen LogP contribution in [0.5, 0.6) is 0 Å². The van der Waals surface area contributed by atoms with Crippen molar-refractivity contribution in [1.29, 1.82) is 0 Å². The number of halogens is 1. The van der Waals surface area contributed by atoms with E-state index in [9.17, 15) is 4.79 Å². The monoisotopic (exact) mass is 441 g/mol. The van der Waals surface area contributed by atoms with Gasteiger partial charge in [-0.1, -0.05) is 71.4 Å². The topological polar surface area (TPSA) is 29.5 Å². The maximum atomic E-state index is 11.7. The lowest BCUT2D eigenvalue weighted by molar-refractivity contribution is 0.0342. The first-order valence-corrected chi connectivity index (χ1v) is 10.9. The number of allylic oxidation sites excluding steroid dienone is 1. The van der Waals surface area contributed by atoms with Gasteiger partial charge in [-0.3, -0.25) is 9.69 Å². The number of benzene rings is 2. The standard InChI is InChI=1S/C24H28BrNO2/c1-3-22(18(2)25)24(23-7-5-4-6-21(23)17-27)20-10-8-19(9-11-20)16-26-12-14-28-15-13-26/h4-11,17-18H,3,12-16H2,1-2H3/b24-22+. The second-order valence-electron chi connectivity index (χ2n) is 7.16. The van der Waals surface area contributed by atoms with Gasteiger partial charge in [-0.05, 0) is 41.2 Å². The van der Waals surface area contributed by atoms with Crippen LogP contribution in [0.3, 0.4) is 0 Å². The molecule has 1 fully saturated rings. The van der Waals surface area contributed by atoms with Crippen molar-refractivity contribution in [3.63, 3.8) is 0 Å². The van der Waals surface area contributed by atoms with Crippen LogP contribution in [0.2, 0.25) is 0 Å². The van der Waals surface area contributed by atoms with Crippen LogP contribution in [0, 0.1) is 0 Å². The lowest BCUT2D eigenvalue weighted by atomic mass is 9.88. The Morgan fingerprint density at radius 2 is 1.82 bits per heavy atom. The van der Waals surface area contributed by atoms with Gasteiger partial charge in [0.1, 0.15) is 0 Å². The first-order chi connectivity index (χ1) is 13.6. The zero-order valence-electron chi connectivity index (χ0n) is 16.7. The highest BCUT2D eigenvalue weighted by Gasteiger charge is 2.17. The molecule has 1 saturated heterocycles. The van der Waals surface area contributed by atoms with Crippen molar-refractivity contribution >= 4 is 27.8 Å². The number of aldehydes is 1. The van der Waals surface area contributed by atoms with Crippen molar-refractivity contribution in [3.05, 3.63) is 76.4 Å². The maximum Gasteiger partial charge on any atom is 0.150 e. The summed E-state index contributed by atoms with van der Waals surface area (Å²) in [4.78, 5) is 14.3. The van der Waals surface area contributed by atoms with E-state index < -0.39 is 0 Å². The predicted octanol–water partition coefficient (Wildman–Crippen LogP) is 5.33. The Bertz CT molecular complexity index is 821. The molecular weight excluding hydrogens is 414 g/mol. The molecule has 1 heterocycles. The molecule has 148 valence electrons. The molecule has 0 saturated carbocycles. The molecule has 3 nitrogen and oxygen atoms in total. The summed E-state index contributed by atoms with van der Waals surface area (Å²) in [6, 6.07) is 16.7. The molecule has 4 heteroatoms. The Hall–Kier alpha value is -1.75. The third-order valence-corrected chi connectivity index (χ3v) is 5.84. The van der Waals surface area contributed by atoms with Crippen molar-refractivity contribution in [1.82, 2.24) is 4.90 Å². The molecule has 0 radical (unpaired) electrons. The van der Waals surface area contributed by atoms with E-state index >= 15 is 0 Å². The van der Waals surface area contributed by atoms with Crippen LogP contribution in [-0.4, -0.2) is 42.3 Å². The molecule has 0 N–H and O–H groups in total. The van der Waals surface area contributed by atoms with E-state index in [1.807, 2.05) is 24.3 Å². The molecule has 1 aliphatic heterocycles. The molecule has 1 atom stereocenters. The number of nitrogens with zero attached hydrogens (tertiary/aromatic N) is 1. The van der Waals surface area contributed by atoms with Crippen LogP contribution in [0.25, 0.3) is 5.57 Å². The molecule has 0 bridgehead atoms. The summed E-state index contributed by atoms with van der Waals surface area (Å²) in [5.74, 6) is 0. The molecule has 0 amide bonds. The van der Waals surface area contributed by atoms with E-state index in [0.29, 0.717) is 0 Å². The molecule has 2 aromatic rings. The van der Waals surface area contributed by atoms with E-state index in [4.69, 9.17) is 4.74 Å². The van der Waals surface area contributed by atoms with Crippen molar-refractivity contribution < 1.29 is 9.53 Å². The van der Waals surface area contributed by atoms with Gasteiger partial charge in [0.15, 0.2) is 6.29 Å². The lowest BCUT2D eigenvalue weighted by Crippen LogP contribution is -2.35. The number of hydrogen-bond donors (Lipinski definition) is 0. The Balaban J connectivity index is 1.98. The third-order valence-electron chi connectivity index (χ3n) is 5.29. The Morgan fingerprint density at radius 3 is 2.43 bits per heavy atom. The van der Waals surface area contributed by atoms with Gasteiger partial charge in [-0.15, -0.1) is 0 Å². The Labute approximate surface area is 176 Å². The SMILES string of the molecule is CC/C(=C(/c1ccc(CN2CCOCC2)cc1)c1ccccc1C=O)C(C)Br. The molecule has 28 heavy (non-hydrogen) atoms. The fraction of sp³-hybridized carbons (Fsp3) is 0.375. The molecule has 2 aromatic carbocycles. The van der Waals surface area contributed by atoms with Crippen LogP contribution in [0.15, 0.2) is 54.1 Å². The molecule has 0 aliphatic carbocycles. The van der Waals surface area contributed by atoms with Gasteiger partial charge >= 0.3 is 0 Å². The molecule has 1 aliphatic rings. The Morgan fingerprint density at radius 1 is 1.14 bits per heavy atom. The van der Waals surface area contributed by atoms with Crippen molar-refractivity contribution in [2.24, 2.45) is 0 Å². The fourth-order valence-corrected chi connectivity index (χ4v) is 4.35. The van der Waals surface area contributed by atoms with Crippen molar-refractivity contribution in [2.75, 3.05) is 26.3 Å². The zero-order valence-corrected chi connectivity index (χ0v) is 18.2. The largest absolute Gasteiger partial charge is 0.379 e. The molecule has 0 spiro atoms. The van der Waals surface area contributed by atoms with Gasteiger partial charge < -0.3 is 4.74 Å². The number of morpholine rings is 1. The third kappa shape index (κ3) is 4.99. The summed E-state index contributed by atoms with van der Waals surface area (Å²) in [6.07, 6.45) is 1.87. The van der Waals surface area contributed by atoms with E-state index in [2.05, 4.69) is 58.9 Å². The van der Waals surface area contributed by atoms with Crippen LogP contribution in [0.1, 0.15) is 47.3 Å². The van der Waals surface area contributed by atoms with E-state index in [0.717, 1.165) is 67.8 Å². The normalized spacial score (nSPS) is 17.1.